The molecule has 2 amide bonds. The molecule has 0 radical (unpaired) electrons. The van der Waals surface area contributed by atoms with E-state index in [0.29, 0.717) is 12.2 Å². The van der Waals surface area contributed by atoms with Gasteiger partial charge in [-0.3, -0.25) is 0 Å². The van der Waals surface area contributed by atoms with E-state index in [0.717, 1.165) is 30.4 Å². The molecule has 0 aliphatic carbocycles. The Morgan fingerprint density at radius 1 is 1.39 bits per heavy atom. The normalized spacial score (nSPS) is 14.1. The SMILES string of the molecule is Cc1cc(CN(C)C(=O)Nc2ccc(N3CCCC3)nc2)no1. The van der Waals surface area contributed by atoms with Gasteiger partial charge in [-0.15, -0.1) is 0 Å². The summed E-state index contributed by atoms with van der Waals surface area (Å²) in [7, 11) is 1.71. The summed E-state index contributed by atoms with van der Waals surface area (Å²) in [6, 6.07) is 5.44. The first-order chi connectivity index (χ1) is 11.1. The van der Waals surface area contributed by atoms with E-state index in [9.17, 15) is 4.79 Å². The van der Waals surface area contributed by atoms with Gasteiger partial charge in [0.2, 0.25) is 0 Å². The quantitative estimate of drug-likeness (QED) is 0.939. The molecule has 3 rings (SSSR count). The van der Waals surface area contributed by atoms with Gasteiger partial charge >= 0.3 is 6.03 Å². The molecule has 1 aliphatic rings. The molecule has 1 N–H and O–H groups in total. The van der Waals surface area contributed by atoms with Crippen molar-refractivity contribution in [3.63, 3.8) is 0 Å². The zero-order valence-electron chi connectivity index (χ0n) is 13.5. The molecular formula is C16H21N5O2. The minimum Gasteiger partial charge on any atom is -0.361 e. The Kier molecular flexibility index (Phi) is 4.45. The number of nitrogens with one attached hydrogen (secondary N) is 1. The molecule has 3 heterocycles. The number of aromatic nitrogens is 2. The lowest BCUT2D eigenvalue weighted by molar-refractivity contribution is 0.219. The summed E-state index contributed by atoms with van der Waals surface area (Å²) in [5.74, 6) is 1.70. The number of carbonyl (C=O) groups excluding carboxylic acids is 1. The summed E-state index contributed by atoms with van der Waals surface area (Å²) in [5.41, 5.74) is 1.41. The predicted octanol–water partition coefficient (Wildman–Crippen LogP) is 2.64. The Balaban J connectivity index is 1.56. The molecule has 1 fully saturated rings. The number of amides is 2. The standard InChI is InChI=1S/C16H21N5O2/c1-12-9-14(19-23-12)11-20(2)16(22)18-13-5-6-15(17-10-13)21-7-3-4-8-21/h5-6,9-10H,3-4,7-8,11H2,1-2H3,(H,18,22). The lowest BCUT2D eigenvalue weighted by atomic mass is 10.3. The van der Waals surface area contributed by atoms with Gasteiger partial charge < -0.3 is 19.6 Å². The Morgan fingerprint density at radius 2 is 2.17 bits per heavy atom. The number of rotatable bonds is 4. The minimum atomic E-state index is -0.207. The molecule has 0 saturated carbocycles. The van der Waals surface area contributed by atoms with Crippen LogP contribution >= 0.6 is 0 Å². The zero-order chi connectivity index (χ0) is 16.2. The molecular weight excluding hydrogens is 294 g/mol. The topological polar surface area (TPSA) is 74.5 Å². The van der Waals surface area contributed by atoms with Gasteiger partial charge in [0.1, 0.15) is 17.3 Å². The van der Waals surface area contributed by atoms with Gasteiger partial charge in [0.05, 0.1) is 18.4 Å². The van der Waals surface area contributed by atoms with Crippen molar-refractivity contribution in [2.75, 3.05) is 30.4 Å². The maximum Gasteiger partial charge on any atom is 0.321 e. The molecule has 7 nitrogen and oxygen atoms in total. The lowest BCUT2D eigenvalue weighted by Crippen LogP contribution is -2.31. The molecule has 122 valence electrons. The van der Waals surface area contributed by atoms with Gasteiger partial charge in [0.15, 0.2) is 0 Å². The van der Waals surface area contributed by atoms with Crippen LogP contribution < -0.4 is 10.2 Å². The van der Waals surface area contributed by atoms with Gasteiger partial charge in [0.25, 0.3) is 0 Å². The van der Waals surface area contributed by atoms with Crippen LogP contribution in [0.3, 0.4) is 0 Å². The number of urea groups is 1. The van der Waals surface area contributed by atoms with Crippen LogP contribution in [-0.2, 0) is 6.54 Å². The first-order valence-electron chi connectivity index (χ1n) is 7.77. The molecule has 0 aromatic carbocycles. The van der Waals surface area contributed by atoms with Crippen LogP contribution in [0.15, 0.2) is 28.9 Å². The van der Waals surface area contributed by atoms with Gasteiger partial charge in [0, 0.05) is 26.2 Å². The fourth-order valence-electron chi connectivity index (χ4n) is 2.62. The second-order valence-electron chi connectivity index (χ2n) is 5.81. The van der Waals surface area contributed by atoms with E-state index in [1.807, 2.05) is 25.1 Å². The summed E-state index contributed by atoms with van der Waals surface area (Å²) < 4.78 is 5.00. The third-order valence-corrected chi connectivity index (χ3v) is 3.85. The summed E-state index contributed by atoms with van der Waals surface area (Å²) in [6.07, 6.45) is 4.12. The highest BCUT2D eigenvalue weighted by atomic mass is 16.5. The van der Waals surface area contributed by atoms with Crippen molar-refractivity contribution < 1.29 is 9.32 Å². The van der Waals surface area contributed by atoms with Crippen LogP contribution in [0.5, 0.6) is 0 Å². The maximum absolute atomic E-state index is 12.2. The average molecular weight is 315 g/mol. The molecule has 23 heavy (non-hydrogen) atoms. The number of pyridine rings is 1. The molecule has 1 aliphatic heterocycles. The molecule has 0 unspecified atom stereocenters. The fourth-order valence-corrected chi connectivity index (χ4v) is 2.62. The number of aryl methyl sites for hydroxylation is 1. The number of carbonyl (C=O) groups is 1. The largest absolute Gasteiger partial charge is 0.361 e. The van der Waals surface area contributed by atoms with E-state index in [-0.39, 0.29) is 6.03 Å². The van der Waals surface area contributed by atoms with Crippen LogP contribution in [-0.4, -0.2) is 41.2 Å². The van der Waals surface area contributed by atoms with Crippen LogP contribution in [0.2, 0.25) is 0 Å². The number of hydrogen-bond acceptors (Lipinski definition) is 5. The molecule has 0 atom stereocenters. The Morgan fingerprint density at radius 3 is 2.78 bits per heavy atom. The van der Waals surface area contributed by atoms with Crippen LogP contribution in [0, 0.1) is 6.92 Å². The molecule has 7 heteroatoms. The number of anilines is 2. The fraction of sp³-hybridized carbons (Fsp3) is 0.438. The van der Waals surface area contributed by atoms with Crippen molar-refractivity contribution in [1.82, 2.24) is 15.0 Å². The summed E-state index contributed by atoms with van der Waals surface area (Å²) in [5, 5.41) is 6.72. The molecule has 0 bridgehead atoms. The predicted molar refractivity (Wildman–Crippen MR) is 87.4 cm³/mol. The number of nitrogens with zero attached hydrogens (tertiary/aromatic N) is 4. The van der Waals surface area contributed by atoms with Crippen LogP contribution in [0.4, 0.5) is 16.3 Å². The molecule has 1 saturated heterocycles. The smallest absolute Gasteiger partial charge is 0.321 e. The van der Waals surface area contributed by atoms with Crippen molar-refractivity contribution >= 4 is 17.5 Å². The molecule has 2 aromatic rings. The average Bonchev–Trinajstić information content (AvgIpc) is 3.20. The van der Waals surface area contributed by atoms with Crippen LogP contribution in [0.25, 0.3) is 0 Å². The third-order valence-electron chi connectivity index (χ3n) is 3.85. The highest BCUT2D eigenvalue weighted by molar-refractivity contribution is 5.89. The summed E-state index contributed by atoms with van der Waals surface area (Å²) in [4.78, 5) is 20.4. The van der Waals surface area contributed by atoms with Crippen LogP contribution in [0.1, 0.15) is 24.3 Å². The van der Waals surface area contributed by atoms with Crippen molar-refractivity contribution in [3.8, 4) is 0 Å². The number of hydrogen-bond donors (Lipinski definition) is 1. The Bertz CT molecular complexity index is 661. The molecule has 0 spiro atoms. The van der Waals surface area contributed by atoms with E-state index >= 15 is 0 Å². The van der Waals surface area contributed by atoms with E-state index in [4.69, 9.17) is 4.52 Å². The highest BCUT2D eigenvalue weighted by Crippen LogP contribution is 2.19. The van der Waals surface area contributed by atoms with Gasteiger partial charge in [-0.25, -0.2) is 9.78 Å². The minimum absolute atomic E-state index is 0.207. The Hall–Kier alpha value is -2.57. The van der Waals surface area contributed by atoms with Gasteiger partial charge in [-0.1, -0.05) is 5.16 Å². The molecule has 2 aromatic heterocycles. The van der Waals surface area contributed by atoms with E-state index < -0.39 is 0 Å². The Labute approximate surface area is 135 Å². The maximum atomic E-state index is 12.2. The summed E-state index contributed by atoms with van der Waals surface area (Å²) in [6.45, 7) is 4.32. The van der Waals surface area contributed by atoms with Crippen molar-refractivity contribution in [2.45, 2.75) is 26.3 Å². The first kappa shape index (κ1) is 15.3. The summed E-state index contributed by atoms with van der Waals surface area (Å²) >= 11 is 0. The second kappa shape index (κ2) is 6.68. The first-order valence-corrected chi connectivity index (χ1v) is 7.77. The van der Waals surface area contributed by atoms with Crippen molar-refractivity contribution in [3.05, 3.63) is 35.9 Å². The van der Waals surface area contributed by atoms with E-state index in [1.165, 1.54) is 12.8 Å². The zero-order valence-corrected chi connectivity index (χ0v) is 13.5. The monoisotopic (exact) mass is 315 g/mol. The van der Waals surface area contributed by atoms with E-state index in [1.54, 1.807) is 18.1 Å². The third kappa shape index (κ3) is 3.80. The van der Waals surface area contributed by atoms with Crippen molar-refractivity contribution in [1.29, 1.82) is 0 Å². The highest BCUT2D eigenvalue weighted by Gasteiger charge is 2.14. The van der Waals surface area contributed by atoms with Gasteiger partial charge in [-0.05, 0) is 31.9 Å². The second-order valence-corrected chi connectivity index (χ2v) is 5.81. The van der Waals surface area contributed by atoms with E-state index in [2.05, 4.69) is 20.4 Å². The lowest BCUT2D eigenvalue weighted by Gasteiger charge is -2.18. The van der Waals surface area contributed by atoms with Crippen molar-refractivity contribution in [2.24, 2.45) is 0 Å². The van der Waals surface area contributed by atoms with Gasteiger partial charge in [-0.2, -0.15) is 0 Å².